The van der Waals surface area contributed by atoms with Gasteiger partial charge in [0, 0.05) is 0 Å². The van der Waals surface area contributed by atoms with E-state index in [0.29, 0.717) is 12.8 Å². The van der Waals surface area contributed by atoms with Crippen LogP contribution in [-0.2, 0) is 0 Å². The molecule has 0 aromatic heterocycles. The first-order valence-electron chi connectivity index (χ1n) is 4.31. The molecule has 0 aromatic rings. The zero-order valence-corrected chi connectivity index (χ0v) is 7.83. The summed E-state index contributed by atoms with van der Waals surface area (Å²) in [7, 11) is 0. The van der Waals surface area contributed by atoms with Crippen molar-refractivity contribution in [1.82, 2.24) is 0 Å². The van der Waals surface area contributed by atoms with Crippen LogP contribution in [0, 0.1) is 0 Å². The van der Waals surface area contributed by atoms with Gasteiger partial charge in [0.25, 0.3) is 0 Å². The molecule has 0 aliphatic carbocycles. The summed E-state index contributed by atoms with van der Waals surface area (Å²) in [5.41, 5.74) is -0.962. The zero-order chi connectivity index (χ0) is 9.61. The molecule has 0 bridgehead atoms. The fourth-order valence-corrected chi connectivity index (χ4v) is 0.744. The van der Waals surface area contributed by atoms with Crippen LogP contribution in [0.2, 0.25) is 0 Å². The molecule has 12 heavy (non-hydrogen) atoms. The minimum atomic E-state index is -0.962. The SMILES string of the molecule is C=CC(O)(C=CC(O)CC)CC. The predicted molar refractivity (Wildman–Crippen MR) is 50.9 cm³/mol. The Morgan fingerprint density at radius 3 is 2.42 bits per heavy atom. The van der Waals surface area contributed by atoms with E-state index >= 15 is 0 Å². The predicted octanol–water partition coefficient (Wildman–Crippen LogP) is 1.64. The van der Waals surface area contributed by atoms with E-state index in [0.717, 1.165) is 0 Å². The average molecular weight is 170 g/mol. The van der Waals surface area contributed by atoms with E-state index in [2.05, 4.69) is 6.58 Å². The molecular weight excluding hydrogens is 152 g/mol. The topological polar surface area (TPSA) is 40.5 Å². The summed E-state index contributed by atoms with van der Waals surface area (Å²) in [5.74, 6) is 0. The molecule has 0 saturated carbocycles. The second-order valence-electron chi connectivity index (χ2n) is 2.88. The molecule has 2 nitrogen and oxygen atoms in total. The highest BCUT2D eigenvalue weighted by Crippen LogP contribution is 2.13. The maximum atomic E-state index is 9.66. The Hall–Kier alpha value is -0.600. The summed E-state index contributed by atoms with van der Waals surface area (Å²) in [6.07, 6.45) is 5.44. The van der Waals surface area contributed by atoms with Gasteiger partial charge in [0.2, 0.25) is 0 Å². The molecule has 0 fully saturated rings. The number of hydrogen-bond acceptors (Lipinski definition) is 2. The molecule has 2 heteroatoms. The van der Waals surface area contributed by atoms with Crippen molar-refractivity contribution >= 4 is 0 Å². The van der Waals surface area contributed by atoms with Crippen molar-refractivity contribution in [2.24, 2.45) is 0 Å². The third kappa shape index (κ3) is 3.69. The normalized spacial score (nSPS) is 19.0. The lowest BCUT2D eigenvalue weighted by Crippen LogP contribution is -2.21. The third-order valence-electron chi connectivity index (χ3n) is 1.95. The Morgan fingerprint density at radius 1 is 1.50 bits per heavy atom. The molecule has 70 valence electrons. The van der Waals surface area contributed by atoms with Crippen LogP contribution >= 0.6 is 0 Å². The Kier molecular flexibility index (Phi) is 4.86. The van der Waals surface area contributed by atoms with Crippen LogP contribution < -0.4 is 0 Å². The fourth-order valence-electron chi connectivity index (χ4n) is 0.744. The highest BCUT2D eigenvalue weighted by Gasteiger charge is 2.15. The van der Waals surface area contributed by atoms with Gasteiger partial charge in [-0.2, -0.15) is 0 Å². The van der Waals surface area contributed by atoms with E-state index in [9.17, 15) is 10.2 Å². The van der Waals surface area contributed by atoms with Crippen LogP contribution in [0.25, 0.3) is 0 Å². The lowest BCUT2D eigenvalue weighted by atomic mass is 10.00. The zero-order valence-electron chi connectivity index (χ0n) is 7.83. The van der Waals surface area contributed by atoms with Crippen LogP contribution in [0.3, 0.4) is 0 Å². The van der Waals surface area contributed by atoms with Gasteiger partial charge < -0.3 is 10.2 Å². The van der Waals surface area contributed by atoms with Crippen LogP contribution in [-0.4, -0.2) is 21.9 Å². The number of aliphatic hydroxyl groups excluding tert-OH is 1. The molecule has 0 aliphatic heterocycles. The molecule has 0 spiro atoms. The van der Waals surface area contributed by atoms with Crippen LogP contribution in [0.1, 0.15) is 26.7 Å². The fraction of sp³-hybridized carbons (Fsp3) is 0.600. The molecule has 0 radical (unpaired) electrons. The van der Waals surface area contributed by atoms with Crippen molar-refractivity contribution in [3.63, 3.8) is 0 Å². The monoisotopic (exact) mass is 170 g/mol. The van der Waals surface area contributed by atoms with Gasteiger partial charge >= 0.3 is 0 Å². The van der Waals surface area contributed by atoms with Crippen LogP contribution in [0.15, 0.2) is 24.8 Å². The first-order valence-corrected chi connectivity index (χ1v) is 4.31. The number of rotatable bonds is 5. The molecular formula is C10H18O2. The summed E-state index contributed by atoms with van der Waals surface area (Å²) >= 11 is 0. The van der Waals surface area contributed by atoms with Crippen molar-refractivity contribution in [3.8, 4) is 0 Å². The molecule has 0 aliphatic rings. The van der Waals surface area contributed by atoms with E-state index in [1.165, 1.54) is 6.08 Å². The quantitative estimate of drug-likeness (QED) is 0.616. The third-order valence-corrected chi connectivity index (χ3v) is 1.95. The highest BCUT2D eigenvalue weighted by atomic mass is 16.3. The molecule has 2 unspecified atom stereocenters. The maximum Gasteiger partial charge on any atom is 0.100 e. The molecule has 0 heterocycles. The standard InChI is InChI=1S/C10H18O2/c1-4-9(11)7-8-10(12,5-2)6-3/h5,7-9,11-12H,2,4,6H2,1,3H3. The second-order valence-corrected chi connectivity index (χ2v) is 2.88. The van der Waals surface area contributed by atoms with Gasteiger partial charge in [-0.1, -0.05) is 38.7 Å². The molecule has 0 aromatic carbocycles. The molecule has 2 N–H and O–H groups in total. The number of aliphatic hydroxyl groups is 2. The van der Waals surface area contributed by atoms with Gasteiger partial charge in [0.1, 0.15) is 5.60 Å². The minimum absolute atomic E-state index is 0.469. The Labute approximate surface area is 74.2 Å². The summed E-state index contributed by atoms with van der Waals surface area (Å²) in [6.45, 7) is 7.27. The van der Waals surface area contributed by atoms with Gasteiger partial charge in [-0.05, 0) is 12.8 Å². The van der Waals surface area contributed by atoms with Gasteiger partial charge in [-0.15, -0.1) is 0 Å². The summed E-state index contributed by atoms with van der Waals surface area (Å²) in [5, 5.41) is 18.8. The lowest BCUT2D eigenvalue weighted by molar-refractivity contribution is 0.135. The van der Waals surface area contributed by atoms with Crippen molar-refractivity contribution in [2.45, 2.75) is 38.4 Å². The largest absolute Gasteiger partial charge is 0.389 e. The number of hydrogen-bond donors (Lipinski definition) is 2. The molecule has 0 rings (SSSR count). The summed E-state index contributed by atoms with van der Waals surface area (Å²) in [6, 6.07) is 0. The van der Waals surface area contributed by atoms with Gasteiger partial charge in [-0.3, -0.25) is 0 Å². The first kappa shape index (κ1) is 11.4. The minimum Gasteiger partial charge on any atom is -0.389 e. The lowest BCUT2D eigenvalue weighted by Gasteiger charge is -2.17. The van der Waals surface area contributed by atoms with Crippen molar-refractivity contribution < 1.29 is 10.2 Å². The van der Waals surface area contributed by atoms with Gasteiger partial charge in [-0.25, -0.2) is 0 Å². The van der Waals surface area contributed by atoms with E-state index < -0.39 is 11.7 Å². The van der Waals surface area contributed by atoms with Crippen molar-refractivity contribution in [3.05, 3.63) is 24.8 Å². The van der Waals surface area contributed by atoms with Crippen LogP contribution in [0.5, 0.6) is 0 Å². The van der Waals surface area contributed by atoms with Gasteiger partial charge in [0.15, 0.2) is 0 Å². The van der Waals surface area contributed by atoms with E-state index in [-0.39, 0.29) is 0 Å². The summed E-state index contributed by atoms with van der Waals surface area (Å²) < 4.78 is 0. The summed E-state index contributed by atoms with van der Waals surface area (Å²) in [4.78, 5) is 0. The first-order chi connectivity index (χ1) is 5.58. The van der Waals surface area contributed by atoms with E-state index in [1.54, 1.807) is 12.2 Å². The molecule has 0 saturated heterocycles. The highest BCUT2D eigenvalue weighted by molar-refractivity contribution is 5.11. The van der Waals surface area contributed by atoms with Gasteiger partial charge in [0.05, 0.1) is 6.10 Å². The van der Waals surface area contributed by atoms with Crippen molar-refractivity contribution in [2.75, 3.05) is 0 Å². The second kappa shape index (κ2) is 5.12. The molecule has 2 atom stereocenters. The Morgan fingerprint density at radius 2 is 2.08 bits per heavy atom. The van der Waals surface area contributed by atoms with E-state index in [4.69, 9.17) is 0 Å². The van der Waals surface area contributed by atoms with Crippen LogP contribution in [0.4, 0.5) is 0 Å². The van der Waals surface area contributed by atoms with Crippen molar-refractivity contribution in [1.29, 1.82) is 0 Å². The smallest absolute Gasteiger partial charge is 0.100 e. The Bertz CT molecular complexity index is 163. The maximum absolute atomic E-state index is 9.66. The average Bonchev–Trinajstić information content (AvgIpc) is 2.13. The molecule has 0 amide bonds. The van der Waals surface area contributed by atoms with E-state index in [1.807, 2.05) is 13.8 Å². The Balaban J connectivity index is 4.19.